The van der Waals surface area contributed by atoms with Crippen LogP contribution < -0.4 is 0 Å². The first-order valence-electron chi connectivity index (χ1n) is 9.84. The Morgan fingerprint density at radius 3 is 2.15 bits per heavy atom. The standard InChI is InChI=1S/C22H38O3Si/c1-18(2)22(16-12-11-15-20(23)24,19-13-9-8-10-14-19)17-25-26(6,7)21(3,4)5/h8-10,13-14,18H,11-12,15-17H2,1-7H3,(H,23,24). The van der Waals surface area contributed by atoms with Gasteiger partial charge in [-0.1, -0.05) is 71.4 Å². The first-order chi connectivity index (χ1) is 11.9. The lowest BCUT2D eigenvalue weighted by Gasteiger charge is -2.44. The van der Waals surface area contributed by atoms with E-state index < -0.39 is 14.3 Å². The predicted octanol–water partition coefficient (Wildman–Crippen LogP) is 6.25. The lowest BCUT2D eigenvalue weighted by molar-refractivity contribution is -0.137. The summed E-state index contributed by atoms with van der Waals surface area (Å²) in [4.78, 5) is 10.9. The maximum atomic E-state index is 10.9. The minimum absolute atomic E-state index is 0.0741. The van der Waals surface area contributed by atoms with E-state index in [1.165, 1.54) is 5.56 Å². The second-order valence-electron chi connectivity index (χ2n) is 9.33. The van der Waals surface area contributed by atoms with Crippen LogP contribution in [-0.2, 0) is 14.6 Å². The fourth-order valence-corrected chi connectivity index (χ4v) is 4.15. The van der Waals surface area contributed by atoms with Gasteiger partial charge in [0.1, 0.15) is 0 Å². The van der Waals surface area contributed by atoms with Gasteiger partial charge in [0.15, 0.2) is 8.32 Å². The van der Waals surface area contributed by atoms with Gasteiger partial charge in [0.25, 0.3) is 0 Å². The highest BCUT2D eigenvalue weighted by Gasteiger charge is 2.42. The van der Waals surface area contributed by atoms with E-state index in [1.807, 2.05) is 6.07 Å². The van der Waals surface area contributed by atoms with Crippen molar-refractivity contribution in [1.29, 1.82) is 0 Å². The van der Waals surface area contributed by atoms with Gasteiger partial charge >= 0.3 is 5.97 Å². The van der Waals surface area contributed by atoms with Crippen LogP contribution >= 0.6 is 0 Å². The third-order valence-electron chi connectivity index (χ3n) is 6.21. The van der Waals surface area contributed by atoms with E-state index in [2.05, 4.69) is 72.0 Å². The third-order valence-corrected chi connectivity index (χ3v) is 10.7. The van der Waals surface area contributed by atoms with Gasteiger partial charge in [-0.05, 0) is 42.5 Å². The van der Waals surface area contributed by atoms with Crippen molar-refractivity contribution in [2.45, 2.75) is 83.8 Å². The van der Waals surface area contributed by atoms with E-state index in [0.717, 1.165) is 19.3 Å². The van der Waals surface area contributed by atoms with Gasteiger partial charge in [-0.2, -0.15) is 0 Å². The summed E-state index contributed by atoms with van der Waals surface area (Å²) in [5, 5.41) is 9.13. The Labute approximate surface area is 161 Å². The average Bonchev–Trinajstić information content (AvgIpc) is 2.53. The number of unbranched alkanes of at least 4 members (excludes halogenated alkanes) is 1. The molecular formula is C22H38O3Si. The average molecular weight is 379 g/mol. The van der Waals surface area contributed by atoms with E-state index in [9.17, 15) is 4.79 Å². The van der Waals surface area contributed by atoms with Crippen molar-refractivity contribution in [2.75, 3.05) is 6.61 Å². The molecule has 1 atom stereocenters. The highest BCUT2D eigenvalue weighted by molar-refractivity contribution is 6.74. The first kappa shape index (κ1) is 22.9. The van der Waals surface area contributed by atoms with Crippen LogP contribution in [0, 0.1) is 5.92 Å². The van der Waals surface area contributed by atoms with Crippen molar-refractivity contribution in [3.05, 3.63) is 35.9 Å². The van der Waals surface area contributed by atoms with Crippen molar-refractivity contribution < 1.29 is 14.3 Å². The molecule has 0 radical (unpaired) electrons. The van der Waals surface area contributed by atoms with Crippen LogP contribution in [0.3, 0.4) is 0 Å². The monoisotopic (exact) mass is 378 g/mol. The van der Waals surface area contributed by atoms with Crippen LogP contribution in [0.5, 0.6) is 0 Å². The Bertz CT molecular complexity index is 561. The van der Waals surface area contributed by atoms with E-state index in [4.69, 9.17) is 9.53 Å². The van der Waals surface area contributed by atoms with Gasteiger partial charge in [0.05, 0.1) is 0 Å². The summed E-state index contributed by atoms with van der Waals surface area (Å²) in [5.41, 5.74) is 1.24. The van der Waals surface area contributed by atoms with E-state index >= 15 is 0 Å². The summed E-state index contributed by atoms with van der Waals surface area (Å²) in [6.45, 7) is 16.6. The van der Waals surface area contributed by atoms with Gasteiger partial charge in [-0.3, -0.25) is 4.79 Å². The number of hydrogen-bond acceptors (Lipinski definition) is 2. The quantitative estimate of drug-likeness (QED) is 0.387. The van der Waals surface area contributed by atoms with Crippen molar-refractivity contribution in [3.63, 3.8) is 0 Å². The maximum absolute atomic E-state index is 10.9. The van der Waals surface area contributed by atoms with Crippen molar-refractivity contribution in [2.24, 2.45) is 5.92 Å². The fraction of sp³-hybridized carbons (Fsp3) is 0.682. The zero-order chi connectivity index (χ0) is 20.0. The molecule has 0 saturated heterocycles. The van der Waals surface area contributed by atoms with Crippen molar-refractivity contribution in [1.82, 2.24) is 0 Å². The van der Waals surface area contributed by atoms with Gasteiger partial charge in [-0.15, -0.1) is 0 Å². The Hall–Kier alpha value is -1.13. The Balaban J connectivity index is 3.08. The summed E-state index contributed by atoms with van der Waals surface area (Å²) in [6.07, 6.45) is 2.82. The molecule has 1 rings (SSSR count). The SMILES string of the molecule is CC(C)C(CCCCC(=O)O)(CO[Si](C)(C)C(C)(C)C)c1ccccc1. The Kier molecular flexibility index (Phi) is 8.09. The lowest BCUT2D eigenvalue weighted by atomic mass is 9.69. The number of rotatable bonds is 10. The first-order valence-corrected chi connectivity index (χ1v) is 12.7. The molecule has 1 unspecified atom stereocenters. The summed E-state index contributed by atoms with van der Waals surface area (Å²) >= 11 is 0. The Morgan fingerprint density at radius 1 is 1.12 bits per heavy atom. The number of hydrogen-bond donors (Lipinski definition) is 1. The molecular weight excluding hydrogens is 340 g/mol. The molecule has 3 nitrogen and oxygen atoms in total. The molecule has 0 fully saturated rings. The molecule has 0 amide bonds. The summed E-state index contributed by atoms with van der Waals surface area (Å²) in [5.74, 6) is -0.295. The smallest absolute Gasteiger partial charge is 0.303 e. The number of benzene rings is 1. The molecule has 148 valence electrons. The number of carboxylic acid groups (broad SMARTS) is 1. The highest BCUT2D eigenvalue weighted by Crippen LogP contribution is 2.42. The molecule has 1 aromatic rings. The van der Waals surface area contributed by atoms with Crippen LogP contribution in [0.2, 0.25) is 18.1 Å². The van der Waals surface area contributed by atoms with E-state index in [1.54, 1.807) is 0 Å². The van der Waals surface area contributed by atoms with Gasteiger partial charge in [0.2, 0.25) is 0 Å². The number of carbonyl (C=O) groups is 1. The second-order valence-corrected chi connectivity index (χ2v) is 14.1. The van der Waals surface area contributed by atoms with Crippen LogP contribution in [0.4, 0.5) is 0 Å². The van der Waals surface area contributed by atoms with E-state index in [0.29, 0.717) is 12.5 Å². The molecule has 0 aliphatic carbocycles. The van der Waals surface area contributed by atoms with Crippen LogP contribution in [0.1, 0.15) is 65.9 Å². The molecule has 0 heterocycles. The zero-order valence-corrected chi connectivity index (χ0v) is 18.8. The molecule has 1 aromatic carbocycles. The summed E-state index contributed by atoms with van der Waals surface area (Å²) in [6, 6.07) is 10.6. The topological polar surface area (TPSA) is 46.5 Å². The van der Waals surface area contributed by atoms with E-state index in [-0.39, 0.29) is 16.9 Å². The van der Waals surface area contributed by atoms with Crippen LogP contribution in [0.15, 0.2) is 30.3 Å². The molecule has 4 heteroatoms. The minimum atomic E-state index is -1.85. The summed E-state index contributed by atoms with van der Waals surface area (Å²) in [7, 11) is -1.85. The largest absolute Gasteiger partial charge is 0.481 e. The van der Waals surface area contributed by atoms with Crippen LogP contribution in [-0.4, -0.2) is 26.0 Å². The highest BCUT2D eigenvalue weighted by atomic mass is 28.4. The van der Waals surface area contributed by atoms with Crippen LogP contribution in [0.25, 0.3) is 0 Å². The fourth-order valence-electron chi connectivity index (χ4n) is 3.10. The molecule has 0 aromatic heterocycles. The minimum Gasteiger partial charge on any atom is -0.481 e. The summed E-state index contributed by atoms with van der Waals surface area (Å²) < 4.78 is 6.68. The third kappa shape index (κ3) is 5.95. The van der Waals surface area contributed by atoms with Gasteiger partial charge < -0.3 is 9.53 Å². The molecule has 26 heavy (non-hydrogen) atoms. The van der Waals surface area contributed by atoms with Crippen molar-refractivity contribution in [3.8, 4) is 0 Å². The Morgan fingerprint density at radius 2 is 1.69 bits per heavy atom. The number of aliphatic carboxylic acids is 1. The zero-order valence-electron chi connectivity index (χ0n) is 17.8. The molecule has 0 aliphatic heterocycles. The van der Waals surface area contributed by atoms with Gasteiger partial charge in [-0.25, -0.2) is 0 Å². The molecule has 1 N–H and O–H groups in total. The molecule has 0 saturated carbocycles. The van der Waals surface area contributed by atoms with Gasteiger partial charge in [0, 0.05) is 18.4 Å². The predicted molar refractivity (Wildman–Crippen MR) is 112 cm³/mol. The second kappa shape index (κ2) is 9.18. The molecule has 0 aliphatic rings. The molecule has 0 spiro atoms. The molecule has 0 bridgehead atoms. The number of carboxylic acids is 1. The normalized spacial score (nSPS) is 15.1. The van der Waals surface area contributed by atoms with Crippen molar-refractivity contribution >= 4 is 14.3 Å². The maximum Gasteiger partial charge on any atom is 0.303 e. The lowest BCUT2D eigenvalue weighted by Crippen LogP contribution is -2.47.